The Morgan fingerprint density at radius 2 is 1.75 bits per heavy atom. The topological polar surface area (TPSA) is 75.3 Å². The van der Waals surface area contributed by atoms with Crippen molar-refractivity contribution < 1.29 is 13.2 Å². The summed E-state index contributed by atoms with van der Waals surface area (Å²) in [6.07, 6.45) is 1.85. The van der Waals surface area contributed by atoms with E-state index in [1.165, 1.54) is 0 Å². The van der Waals surface area contributed by atoms with Gasteiger partial charge < -0.3 is 5.32 Å². The van der Waals surface area contributed by atoms with Crippen LogP contribution in [0.15, 0.2) is 48.5 Å². The summed E-state index contributed by atoms with van der Waals surface area (Å²) < 4.78 is 25.3. The lowest BCUT2D eigenvalue weighted by atomic mass is 10.0. The van der Waals surface area contributed by atoms with Crippen LogP contribution in [0.2, 0.25) is 0 Å². The highest BCUT2D eigenvalue weighted by atomic mass is 32.2. The molecule has 0 aliphatic carbocycles. The summed E-state index contributed by atoms with van der Waals surface area (Å²) in [6, 6.07) is 14.7. The largest absolute Gasteiger partial charge is 0.345 e. The zero-order chi connectivity index (χ0) is 17.7. The second-order valence-corrected chi connectivity index (χ2v) is 7.45. The van der Waals surface area contributed by atoms with Crippen LogP contribution >= 0.6 is 0 Å². The minimum atomic E-state index is -3.39. The molecule has 1 atom stereocenters. The normalized spacial score (nSPS) is 12.5. The van der Waals surface area contributed by atoms with Crippen molar-refractivity contribution in [2.24, 2.45) is 0 Å². The molecule has 24 heavy (non-hydrogen) atoms. The highest BCUT2D eigenvalue weighted by molar-refractivity contribution is 7.92. The monoisotopic (exact) mass is 346 g/mol. The van der Waals surface area contributed by atoms with E-state index in [2.05, 4.69) is 10.0 Å². The summed E-state index contributed by atoms with van der Waals surface area (Å²) in [5.74, 6) is -0.222. The molecule has 0 bridgehead atoms. The van der Waals surface area contributed by atoms with E-state index in [0.29, 0.717) is 16.8 Å². The Morgan fingerprint density at radius 1 is 1.08 bits per heavy atom. The number of hydrogen-bond donors (Lipinski definition) is 2. The maximum Gasteiger partial charge on any atom is 0.252 e. The van der Waals surface area contributed by atoms with Crippen LogP contribution in [0.4, 0.5) is 5.69 Å². The van der Waals surface area contributed by atoms with Crippen LogP contribution in [0.5, 0.6) is 0 Å². The molecule has 0 heterocycles. The third kappa shape index (κ3) is 4.58. The van der Waals surface area contributed by atoms with Gasteiger partial charge in [-0.1, -0.05) is 43.3 Å². The molecule has 0 radical (unpaired) electrons. The van der Waals surface area contributed by atoms with E-state index in [1.807, 2.05) is 37.3 Å². The summed E-state index contributed by atoms with van der Waals surface area (Å²) in [7, 11) is -3.39. The molecule has 2 rings (SSSR count). The molecular formula is C18H22N2O3S. The molecule has 0 saturated carbocycles. The van der Waals surface area contributed by atoms with Gasteiger partial charge in [0.15, 0.2) is 0 Å². The summed E-state index contributed by atoms with van der Waals surface area (Å²) in [5, 5.41) is 3.01. The van der Waals surface area contributed by atoms with Gasteiger partial charge in [0.2, 0.25) is 10.0 Å². The summed E-state index contributed by atoms with van der Waals surface area (Å²) in [6.45, 7) is 3.73. The lowest BCUT2D eigenvalue weighted by Gasteiger charge is -2.19. The SMILES string of the molecule is CC[C@@H](NC(=O)c1cccc(NS(C)(=O)=O)c1C)c1ccccc1. The van der Waals surface area contributed by atoms with Crippen LogP contribution in [0.25, 0.3) is 0 Å². The van der Waals surface area contributed by atoms with E-state index in [9.17, 15) is 13.2 Å². The first-order valence-corrected chi connectivity index (χ1v) is 9.64. The van der Waals surface area contributed by atoms with Crippen molar-refractivity contribution in [3.05, 3.63) is 65.2 Å². The summed E-state index contributed by atoms with van der Waals surface area (Å²) in [5.41, 5.74) is 2.51. The van der Waals surface area contributed by atoms with E-state index < -0.39 is 10.0 Å². The van der Waals surface area contributed by atoms with Gasteiger partial charge >= 0.3 is 0 Å². The number of benzene rings is 2. The van der Waals surface area contributed by atoms with Crippen molar-refractivity contribution >= 4 is 21.6 Å². The van der Waals surface area contributed by atoms with Gasteiger partial charge in [-0.3, -0.25) is 9.52 Å². The minimum Gasteiger partial charge on any atom is -0.345 e. The number of carbonyl (C=O) groups is 1. The van der Waals surface area contributed by atoms with Crippen LogP contribution in [-0.2, 0) is 10.0 Å². The first-order chi connectivity index (χ1) is 11.3. The molecule has 2 N–H and O–H groups in total. The van der Waals surface area contributed by atoms with Crippen molar-refractivity contribution in [3.8, 4) is 0 Å². The van der Waals surface area contributed by atoms with Gasteiger partial charge in [0.25, 0.3) is 5.91 Å². The fourth-order valence-corrected chi connectivity index (χ4v) is 3.15. The summed E-state index contributed by atoms with van der Waals surface area (Å²) in [4.78, 5) is 12.6. The van der Waals surface area contributed by atoms with E-state index in [-0.39, 0.29) is 11.9 Å². The second kappa shape index (κ2) is 7.49. The predicted molar refractivity (Wildman–Crippen MR) is 96.6 cm³/mol. The first-order valence-electron chi connectivity index (χ1n) is 7.75. The molecule has 0 aliphatic rings. The van der Waals surface area contributed by atoms with Crippen molar-refractivity contribution in [1.29, 1.82) is 0 Å². The number of rotatable bonds is 6. The number of anilines is 1. The Labute approximate surface area is 143 Å². The Hall–Kier alpha value is -2.34. The Morgan fingerprint density at radius 3 is 2.33 bits per heavy atom. The lowest BCUT2D eigenvalue weighted by molar-refractivity contribution is 0.0935. The Balaban J connectivity index is 2.25. The van der Waals surface area contributed by atoms with Gasteiger partial charge in [-0.2, -0.15) is 0 Å². The van der Waals surface area contributed by atoms with Crippen molar-refractivity contribution in [3.63, 3.8) is 0 Å². The Bertz CT molecular complexity index is 817. The third-order valence-electron chi connectivity index (χ3n) is 3.79. The van der Waals surface area contributed by atoms with Gasteiger partial charge in [-0.05, 0) is 36.6 Å². The Kier molecular flexibility index (Phi) is 5.62. The number of hydrogen-bond acceptors (Lipinski definition) is 3. The van der Waals surface area contributed by atoms with Gasteiger partial charge in [0.1, 0.15) is 0 Å². The molecule has 0 fully saturated rings. The second-order valence-electron chi connectivity index (χ2n) is 5.70. The molecule has 2 aromatic carbocycles. The van der Waals surface area contributed by atoms with Gasteiger partial charge in [-0.25, -0.2) is 8.42 Å². The maximum absolute atomic E-state index is 12.6. The molecule has 0 unspecified atom stereocenters. The highest BCUT2D eigenvalue weighted by Crippen LogP contribution is 2.22. The van der Waals surface area contributed by atoms with Gasteiger partial charge in [0.05, 0.1) is 18.0 Å². The maximum atomic E-state index is 12.6. The van der Waals surface area contributed by atoms with Gasteiger partial charge in [0, 0.05) is 5.56 Å². The molecular weight excluding hydrogens is 324 g/mol. The molecule has 0 saturated heterocycles. The van der Waals surface area contributed by atoms with Gasteiger partial charge in [-0.15, -0.1) is 0 Å². The average Bonchev–Trinajstić information content (AvgIpc) is 2.54. The molecule has 0 aliphatic heterocycles. The predicted octanol–water partition coefficient (Wildman–Crippen LogP) is 3.25. The number of nitrogens with one attached hydrogen (secondary N) is 2. The molecule has 2 aromatic rings. The molecule has 1 amide bonds. The minimum absolute atomic E-state index is 0.0929. The zero-order valence-corrected chi connectivity index (χ0v) is 14.9. The smallest absolute Gasteiger partial charge is 0.252 e. The van der Waals surface area contributed by atoms with Crippen LogP contribution < -0.4 is 10.0 Å². The van der Waals surface area contributed by atoms with Crippen molar-refractivity contribution in [2.75, 3.05) is 11.0 Å². The molecule has 6 heteroatoms. The zero-order valence-electron chi connectivity index (χ0n) is 14.0. The van der Waals surface area contributed by atoms with Crippen molar-refractivity contribution in [1.82, 2.24) is 5.32 Å². The quantitative estimate of drug-likeness (QED) is 0.843. The van der Waals surface area contributed by atoms with Crippen molar-refractivity contribution in [2.45, 2.75) is 26.3 Å². The van der Waals surface area contributed by atoms with Crippen LogP contribution in [-0.4, -0.2) is 20.6 Å². The average molecular weight is 346 g/mol. The van der Waals surface area contributed by atoms with E-state index >= 15 is 0 Å². The summed E-state index contributed by atoms with van der Waals surface area (Å²) >= 11 is 0. The number of amides is 1. The highest BCUT2D eigenvalue weighted by Gasteiger charge is 2.17. The molecule has 0 aromatic heterocycles. The standard InChI is InChI=1S/C18H22N2O3S/c1-4-16(14-9-6-5-7-10-14)19-18(21)15-11-8-12-17(13(15)2)20-24(3,22)23/h5-12,16,20H,4H2,1-3H3,(H,19,21)/t16-/m1/s1. The van der Waals surface area contributed by atoms with E-state index in [4.69, 9.17) is 0 Å². The van der Waals surface area contributed by atoms with E-state index in [0.717, 1.165) is 18.2 Å². The third-order valence-corrected chi connectivity index (χ3v) is 4.38. The number of sulfonamides is 1. The van der Waals surface area contributed by atoms with Crippen LogP contribution in [0.3, 0.4) is 0 Å². The first kappa shape index (κ1) is 18.0. The molecule has 0 spiro atoms. The lowest BCUT2D eigenvalue weighted by Crippen LogP contribution is -2.29. The number of carbonyl (C=O) groups excluding carboxylic acids is 1. The molecule has 5 nitrogen and oxygen atoms in total. The van der Waals surface area contributed by atoms with Crippen LogP contribution in [0.1, 0.15) is 40.9 Å². The van der Waals surface area contributed by atoms with Crippen LogP contribution in [0, 0.1) is 6.92 Å². The van der Waals surface area contributed by atoms with E-state index in [1.54, 1.807) is 25.1 Å². The fourth-order valence-electron chi connectivity index (χ4n) is 2.53. The fraction of sp³-hybridized carbons (Fsp3) is 0.278. The molecule has 128 valence electrons.